The highest BCUT2D eigenvalue weighted by atomic mass is 32.2. The Balaban J connectivity index is 2.67. The van der Waals surface area contributed by atoms with Gasteiger partial charge in [-0.05, 0) is 5.75 Å². The first kappa shape index (κ1) is 9.05. The zero-order valence-corrected chi connectivity index (χ0v) is 7.23. The number of nitrogens with one attached hydrogen (secondary N) is 2. The second-order valence-electron chi connectivity index (χ2n) is 2.14. The lowest BCUT2D eigenvalue weighted by molar-refractivity contribution is -0.128. The van der Waals surface area contributed by atoms with Gasteiger partial charge < -0.3 is 0 Å². The summed E-state index contributed by atoms with van der Waals surface area (Å²) >= 11 is 1.19. The van der Waals surface area contributed by atoms with Crippen LogP contribution in [-0.4, -0.2) is 28.8 Å². The number of barbiturate groups is 1. The molecule has 0 aromatic heterocycles. The molecule has 0 aromatic carbocycles. The van der Waals surface area contributed by atoms with Gasteiger partial charge in [0.1, 0.15) is 0 Å². The molecule has 12 heavy (non-hydrogen) atoms. The lowest BCUT2D eigenvalue weighted by atomic mass is 10.3. The van der Waals surface area contributed by atoms with Gasteiger partial charge >= 0.3 is 6.03 Å². The first-order valence-corrected chi connectivity index (χ1v) is 4.47. The quantitative estimate of drug-likeness (QED) is 0.571. The van der Waals surface area contributed by atoms with Gasteiger partial charge in [0.05, 0.1) is 0 Å². The second kappa shape index (κ2) is 3.57. The van der Waals surface area contributed by atoms with E-state index in [1.165, 1.54) is 11.8 Å². The highest BCUT2D eigenvalue weighted by Crippen LogP contribution is 2.12. The van der Waals surface area contributed by atoms with Crippen LogP contribution in [-0.2, 0) is 9.59 Å². The molecule has 1 aliphatic heterocycles. The van der Waals surface area contributed by atoms with Crippen LogP contribution in [0.5, 0.6) is 0 Å². The fourth-order valence-electron chi connectivity index (χ4n) is 0.823. The zero-order chi connectivity index (χ0) is 9.14. The average Bonchev–Trinajstić information content (AvgIpc) is 1.96. The monoisotopic (exact) mass is 188 g/mol. The van der Waals surface area contributed by atoms with Crippen LogP contribution >= 0.6 is 11.8 Å². The number of rotatable bonds is 2. The van der Waals surface area contributed by atoms with Crippen molar-refractivity contribution < 1.29 is 14.4 Å². The molecular weight excluding hydrogens is 180 g/mol. The first-order valence-electron chi connectivity index (χ1n) is 3.42. The molecule has 66 valence electrons. The molecule has 6 heteroatoms. The molecule has 0 bridgehead atoms. The SMILES string of the molecule is CCSC1C(=O)NC(=O)NC1=O. The highest BCUT2D eigenvalue weighted by Gasteiger charge is 2.33. The van der Waals surface area contributed by atoms with Crippen molar-refractivity contribution in [1.29, 1.82) is 0 Å². The number of urea groups is 1. The molecule has 1 saturated heterocycles. The lowest BCUT2D eigenvalue weighted by Gasteiger charge is -2.19. The van der Waals surface area contributed by atoms with Crippen molar-refractivity contribution in [3.8, 4) is 0 Å². The van der Waals surface area contributed by atoms with Gasteiger partial charge in [-0.2, -0.15) is 0 Å². The molecule has 0 radical (unpaired) electrons. The number of thioether (sulfide) groups is 1. The number of carbonyl (C=O) groups excluding carboxylic acids is 3. The smallest absolute Gasteiger partial charge is 0.276 e. The Morgan fingerprint density at radius 1 is 1.25 bits per heavy atom. The Morgan fingerprint density at radius 2 is 1.75 bits per heavy atom. The van der Waals surface area contributed by atoms with Crippen molar-refractivity contribution >= 4 is 29.6 Å². The van der Waals surface area contributed by atoms with Crippen LogP contribution in [0.2, 0.25) is 0 Å². The number of imide groups is 2. The molecule has 1 aliphatic rings. The third kappa shape index (κ3) is 1.76. The summed E-state index contributed by atoms with van der Waals surface area (Å²) in [6.07, 6.45) is 0. The van der Waals surface area contributed by atoms with Gasteiger partial charge in [0.15, 0.2) is 5.25 Å². The molecule has 1 fully saturated rings. The van der Waals surface area contributed by atoms with Crippen LogP contribution in [0.1, 0.15) is 6.92 Å². The predicted octanol–water partition coefficient (Wildman–Crippen LogP) is -0.526. The lowest BCUT2D eigenvalue weighted by Crippen LogP contribution is -2.57. The van der Waals surface area contributed by atoms with E-state index in [1.54, 1.807) is 0 Å². The van der Waals surface area contributed by atoms with E-state index < -0.39 is 23.1 Å². The molecule has 0 saturated carbocycles. The summed E-state index contributed by atoms with van der Waals surface area (Å²) in [6.45, 7) is 1.83. The van der Waals surface area contributed by atoms with E-state index in [2.05, 4.69) is 0 Å². The maximum Gasteiger partial charge on any atom is 0.328 e. The van der Waals surface area contributed by atoms with Crippen molar-refractivity contribution in [2.24, 2.45) is 0 Å². The van der Waals surface area contributed by atoms with Crippen LogP contribution in [0.15, 0.2) is 0 Å². The number of hydrogen-bond acceptors (Lipinski definition) is 4. The fourth-order valence-corrected chi connectivity index (χ4v) is 1.58. The van der Waals surface area contributed by atoms with Gasteiger partial charge in [0.25, 0.3) is 11.8 Å². The summed E-state index contributed by atoms with van der Waals surface area (Å²) in [5.74, 6) is -0.411. The van der Waals surface area contributed by atoms with Crippen molar-refractivity contribution in [3.05, 3.63) is 0 Å². The maximum absolute atomic E-state index is 11.0. The Labute approximate surface area is 73.3 Å². The standard InChI is InChI=1S/C6H8N2O3S/c1-2-12-3-4(9)7-6(11)8-5(3)10/h3H,2H2,1H3,(H2,7,8,9,10,11). The van der Waals surface area contributed by atoms with E-state index in [4.69, 9.17) is 0 Å². The summed E-state index contributed by atoms with van der Waals surface area (Å²) in [4.78, 5) is 32.5. The first-order chi connectivity index (χ1) is 5.65. The van der Waals surface area contributed by atoms with Gasteiger partial charge in [-0.1, -0.05) is 6.92 Å². The maximum atomic E-state index is 11.0. The molecule has 1 heterocycles. The topological polar surface area (TPSA) is 75.3 Å². The molecule has 0 spiro atoms. The molecule has 5 nitrogen and oxygen atoms in total. The summed E-state index contributed by atoms with van der Waals surface area (Å²) in [7, 11) is 0. The summed E-state index contributed by atoms with van der Waals surface area (Å²) < 4.78 is 0. The van der Waals surface area contributed by atoms with Crippen LogP contribution in [0.25, 0.3) is 0 Å². The largest absolute Gasteiger partial charge is 0.328 e. The Morgan fingerprint density at radius 3 is 2.17 bits per heavy atom. The normalized spacial score (nSPS) is 18.9. The third-order valence-corrected chi connectivity index (χ3v) is 2.38. The molecular formula is C6H8N2O3S. The summed E-state index contributed by atoms with van der Waals surface area (Å²) in [5, 5.41) is 3.24. The van der Waals surface area contributed by atoms with Crippen molar-refractivity contribution in [1.82, 2.24) is 10.6 Å². The summed E-state index contributed by atoms with van der Waals surface area (Å²) in [6, 6.07) is -0.738. The molecule has 0 atom stereocenters. The molecule has 0 aromatic rings. The van der Waals surface area contributed by atoms with Crippen molar-refractivity contribution in [3.63, 3.8) is 0 Å². The molecule has 4 amide bonds. The minimum absolute atomic E-state index is 0.532. The van der Waals surface area contributed by atoms with E-state index in [0.717, 1.165) is 0 Å². The third-order valence-electron chi connectivity index (χ3n) is 1.28. The Hall–Kier alpha value is -1.04. The van der Waals surface area contributed by atoms with Crippen LogP contribution in [0.4, 0.5) is 4.79 Å². The van der Waals surface area contributed by atoms with E-state index >= 15 is 0 Å². The molecule has 1 rings (SSSR count). The van der Waals surface area contributed by atoms with Gasteiger partial charge in [-0.25, -0.2) is 4.79 Å². The van der Waals surface area contributed by atoms with E-state index in [0.29, 0.717) is 5.75 Å². The second-order valence-corrected chi connectivity index (χ2v) is 3.53. The van der Waals surface area contributed by atoms with Gasteiger partial charge in [-0.3, -0.25) is 20.2 Å². The summed E-state index contributed by atoms with van der Waals surface area (Å²) in [5.41, 5.74) is 0. The Kier molecular flexibility index (Phi) is 2.69. The van der Waals surface area contributed by atoms with Gasteiger partial charge in [0.2, 0.25) is 0 Å². The molecule has 0 unspecified atom stereocenters. The molecule has 0 aliphatic carbocycles. The van der Waals surface area contributed by atoms with Gasteiger partial charge in [0, 0.05) is 0 Å². The Bertz CT molecular complexity index is 221. The highest BCUT2D eigenvalue weighted by molar-refractivity contribution is 8.01. The average molecular weight is 188 g/mol. The van der Waals surface area contributed by atoms with Gasteiger partial charge in [-0.15, -0.1) is 11.8 Å². The fraction of sp³-hybridized carbons (Fsp3) is 0.500. The van der Waals surface area contributed by atoms with Crippen molar-refractivity contribution in [2.45, 2.75) is 12.2 Å². The predicted molar refractivity (Wildman–Crippen MR) is 43.6 cm³/mol. The number of hydrogen-bond donors (Lipinski definition) is 2. The van der Waals surface area contributed by atoms with Crippen LogP contribution in [0, 0.1) is 0 Å². The van der Waals surface area contributed by atoms with E-state index in [-0.39, 0.29) is 0 Å². The number of carbonyl (C=O) groups is 3. The van der Waals surface area contributed by atoms with Crippen LogP contribution < -0.4 is 10.6 Å². The van der Waals surface area contributed by atoms with Crippen LogP contribution in [0.3, 0.4) is 0 Å². The molecule has 2 N–H and O–H groups in total. The number of amides is 4. The zero-order valence-electron chi connectivity index (χ0n) is 6.42. The van der Waals surface area contributed by atoms with E-state index in [9.17, 15) is 14.4 Å². The minimum atomic E-state index is -0.785. The minimum Gasteiger partial charge on any atom is -0.276 e. The van der Waals surface area contributed by atoms with Crippen molar-refractivity contribution in [2.75, 3.05) is 5.75 Å². The van der Waals surface area contributed by atoms with E-state index in [1.807, 2.05) is 17.6 Å².